The fraction of sp³-hybridized carbons (Fsp3) is 0.480. The smallest absolute Gasteiger partial charge is 0.243 e. The predicted octanol–water partition coefficient (Wildman–Crippen LogP) is 4.38. The molecule has 1 saturated heterocycles. The molecule has 4 rings (SSSR count). The Bertz CT molecular complexity index is 994. The lowest BCUT2D eigenvalue weighted by molar-refractivity contribution is -0.121. The molecule has 5 nitrogen and oxygen atoms in total. The van der Waals surface area contributed by atoms with E-state index < -0.39 is 10.0 Å². The zero-order chi connectivity index (χ0) is 21.7. The van der Waals surface area contributed by atoms with Crippen LogP contribution in [-0.2, 0) is 27.7 Å². The van der Waals surface area contributed by atoms with Crippen molar-refractivity contribution in [2.45, 2.75) is 68.7 Å². The van der Waals surface area contributed by atoms with Gasteiger partial charge in [0.05, 0.1) is 10.9 Å². The van der Waals surface area contributed by atoms with E-state index in [4.69, 9.17) is 0 Å². The topological polar surface area (TPSA) is 66.5 Å². The van der Waals surface area contributed by atoms with Crippen LogP contribution in [0.3, 0.4) is 0 Å². The molecule has 1 aliphatic heterocycles. The molecule has 0 unspecified atom stereocenters. The molecule has 0 spiro atoms. The van der Waals surface area contributed by atoms with Crippen molar-refractivity contribution in [3.8, 4) is 0 Å². The highest BCUT2D eigenvalue weighted by Crippen LogP contribution is 2.29. The summed E-state index contributed by atoms with van der Waals surface area (Å²) in [6.45, 7) is 1.21. The molecule has 2 aromatic rings. The van der Waals surface area contributed by atoms with Gasteiger partial charge in [-0.15, -0.1) is 0 Å². The molecule has 0 radical (unpaired) electrons. The second-order valence-corrected chi connectivity index (χ2v) is 10.6. The first-order valence-corrected chi connectivity index (χ1v) is 12.9. The maximum absolute atomic E-state index is 12.9. The van der Waals surface area contributed by atoms with E-state index >= 15 is 0 Å². The van der Waals surface area contributed by atoms with Gasteiger partial charge in [-0.1, -0.05) is 49.2 Å². The highest BCUT2D eigenvalue weighted by molar-refractivity contribution is 7.89. The third-order valence-corrected chi connectivity index (χ3v) is 8.38. The van der Waals surface area contributed by atoms with E-state index in [9.17, 15) is 13.2 Å². The van der Waals surface area contributed by atoms with E-state index in [1.165, 1.54) is 11.1 Å². The van der Waals surface area contributed by atoms with Crippen molar-refractivity contribution in [2.75, 3.05) is 13.1 Å². The number of fused-ring (bicyclic) bond motifs is 1. The number of benzene rings is 2. The zero-order valence-electron chi connectivity index (χ0n) is 18.1. The summed E-state index contributed by atoms with van der Waals surface area (Å²) in [7, 11) is -3.43. The summed E-state index contributed by atoms with van der Waals surface area (Å²) in [6.07, 6.45) is 8.20. The first-order valence-electron chi connectivity index (χ1n) is 11.5. The van der Waals surface area contributed by atoms with Crippen molar-refractivity contribution < 1.29 is 13.2 Å². The Balaban J connectivity index is 1.33. The molecule has 6 heteroatoms. The van der Waals surface area contributed by atoms with Gasteiger partial charge in [0.1, 0.15) is 0 Å². The van der Waals surface area contributed by atoms with E-state index in [1.807, 2.05) is 18.2 Å². The molecule has 0 bridgehead atoms. The molecule has 2 aromatic carbocycles. The second-order valence-electron chi connectivity index (χ2n) is 8.67. The van der Waals surface area contributed by atoms with Crippen LogP contribution in [0.2, 0.25) is 0 Å². The minimum absolute atomic E-state index is 0.0444. The molecule has 1 fully saturated rings. The molecule has 1 atom stereocenters. The lowest BCUT2D eigenvalue weighted by Crippen LogP contribution is -2.32. The maximum atomic E-state index is 12.9. The van der Waals surface area contributed by atoms with E-state index in [1.54, 1.807) is 16.4 Å². The number of amides is 1. The number of nitrogens with one attached hydrogen (secondary N) is 1. The van der Waals surface area contributed by atoms with E-state index in [0.29, 0.717) is 30.8 Å². The van der Waals surface area contributed by atoms with Crippen LogP contribution in [0.5, 0.6) is 0 Å². The first-order chi connectivity index (χ1) is 15.0. The van der Waals surface area contributed by atoms with Crippen LogP contribution < -0.4 is 5.32 Å². The number of carbonyl (C=O) groups excluding carboxylic acids is 1. The normalized spacial score (nSPS) is 19.9. The quantitative estimate of drug-likeness (QED) is 0.725. The molecular formula is C25H32N2O3S. The Kier molecular flexibility index (Phi) is 7.08. The Morgan fingerprint density at radius 2 is 1.65 bits per heavy atom. The fourth-order valence-corrected chi connectivity index (χ4v) is 6.20. The maximum Gasteiger partial charge on any atom is 0.243 e. The van der Waals surface area contributed by atoms with Gasteiger partial charge in [-0.05, 0) is 67.3 Å². The van der Waals surface area contributed by atoms with Crippen LogP contribution >= 0.6 is 0 Å². The van der Waals surface area contributed by atoms with E-state index in [0.717, 1.165) is 50.5 Å². The molecule has 0 aromatic heterocycles. The van der Waals surface area contributed by atoms with Gasteiger partial charge in [-0.2, -0.15) is 4.31 Å². The fourth-order valence-electron chi connectivity index (χ4n) is 4.69. The van der Waals surface area contributed by atoms with Gasteiger partial charge in [-0.25, -0.2) is 8.42 Å². The Labute approximate surface area is 185 Å². The summed E-state index contributed by atoms with van der Waals surface area (Å²) in [4.78, 5) is 12.9. The Hall–Kier alpha value is -2.18. The molecule has 31 heavy (non-hydrogen) atoms. The molecule has 1 aliphatic carbocycles. The third-order valence-electron chi connectivity index (χ3n) is 6.47. The predicted molar refractivity (Wildman–Crippen MR) is 122 cm³/mol. The molecule has 1 amide bonds. The summed E-state index contributed by atoms with van der Waals surface area (Å²) in [5.74, 6) is 0.0444. The minimum Gasteiger partial charge on any atom is -0.349 e. The van der Waals surface area contributed by atoms with Crippen molar-refractivity contribution in [2.24, 2.45) is 0 Å². The van der Waals surface area contributed by atoms with Crippen LogP contribution in [0.1, 0.15) is 67.7 Å². The number of sulfonamides is 1. The van der Waals surface area contributed by atoms with Crippen molar-refractivity contribution in [1.29, 1.82) is 0 Å². The minimum atomic E-state index is -3.43. The lowest BCUT2D eigenvalue weighted by Gasteiger charge is -2.26. The molecule has 1 N–H and O–H groups in total. The summed E-state index contributed by atoms with van der Waals surface area (Å²) in [5, 5.41) is 3.19. The van der Waals surface area contributed by atoms with Crippen LogP contribution in [0.15, 0.2) is 53.4 Å². The first kappa shape index (κ1) is 22.0. The highest BCUT2D eigenvalue weighted by Gasteiger charge is 2.25. The number of hydrogen-bond acceptors (Lipinski definition) is 3. The van der Waals surface area contributed by atoms with Crippen LogP contribution in [0, 0.1) is 0 Å². The van der Waals surface area contributed by atoms with Crippen molar-refractivity contribution in [3.05, 3.63) is 65.2 Å². The van der Waals surface area contributed by atoms with Crippen molar-refractivity contribution >= 4 is 15.9 Å². The van der Waals surface area contributed by atoms with Crippen LogP contribution in [-0.4, -0.2) is 31.7 Å². The number of nitrogens with zero attached hydrogens (tertiary/aromatic N) is 1. The van der Waals surface area contributed by atoms with Gasteiger partial charge < -0.3 is 5.32 Å². The highest BCUT2D eigenvalue weighted by atomic mass is 32.2. The van der Waals surface area contributed by atoms with Gasteiger partial charge in [0.25, 0.3) is 0 Å². The Morgan fingerprint density at radius 3 is 2.39 bits per heavy atom. The summed E-state index contributed by atoms with van der Waals surface area (Å²) in [6, 6.07) is 15.5. The molecule has 0 saturated carbocycles. The lowest BCUT2D eigenvalue weighted by atomic mass is 9.87. The summed E-state index contributed by atoms with van der Waals surface area (Å²) < 4.78 is 27.4. The molecule has 1 heterocycles. The van der Waals surface area contributed by atoms with Crippen LogP contribution in [0.4, 0.5) is 0 Å². The zero-order valence-corrected chi connectivity index (χ0v) is 18.9. The van der Waals surface area contributed by atoms with E-state index in [-0.39, 0.29) is 11.9 Å². The average molecular weight is 441 g/mol. The van der Waals surface area contributed by atoms with Gasteiger partial charge in [0, 0.05) is 19.5 Å². The number of rotatable bonds is 6. The van der Waals surface area contributed by atoms with Gasteiger partial charge in [0.15, 0.2) is 0 Å². The van der Waals surface area contributed by atoms with Crippen molar-refractivity contribution in [1.82, 2.24) is 9.62 Å². The standard InChI is InChI=1S/C25H32N2O3S/c28-25(26-24-11-7-9-21-8-3-4-10-23(21)24)17-14-20-12-15-22(16-13-20)31(29,30)27-18-5-1-2-6-19-27/h3-4,8,10,12-13,15-16,24H,1-2,5-7,9,11,14,17-19H2,(H,26,28)/t24-/m1/s1. The number of carbonyl (C=O) groups is 1. The van der Waals surface area contributed by atoms with Gasteiger partial charge in [-0.3, -0.25) is 4.79 Å². The van der Waals surface area contributed by atoms with Crippen molar-refractivity contribution in [3.63, 3.8) is 0 Å². The summed E-state index contributed by atoms with van der Waals surface area (Å²) >= 11 is 0. The van der Waals surface area contributed by atoms with Crippen LogP contribution in [0.25, 0.3) is 0 Å². The largest absolute Gasteiger partial charge is 0.349 e. The van der Waals surface area contributed by atoms with Gasteiger partial charge >= 0.3 is 0 Å². The monoisotopic (exact) mass is 440 g/mol. The average Bonchev–Trinajstić information content (AvgIpc) is 3.09. The van der Waals surface area contributed by atoms with E-state index in [2.05, 4.69) is 23.5 Å². The number of hydrogen-bond donors (Lipinski definition) is 1. The molecule has 166 valence electrons. The summed E-state index contributed by atoms with van der Waals surface area (Å²) in [5.41, 5.74) is 3.56. The van der Waals surface area contributed by atoms with Gasteiger partial charge in [0.2, 0.25) is 15.9 Å². The second kappa shape index (κ2) is 9.96. The third kappa shape index (κ3) is 5.36. The SMILES string of the molecule is O=C(CCc1ccc(S(=O)(=O)N2CCCCCC2)cc1)N[C@@H]1CCCc2ccccc21. The molecule has 2 aliphatic rings. The number of aryl methyl sites for hydroxylation is 2. The molecular weight excluding hydrogens is 408 g/mol. The Morgan fingerprint density at radius 1 is 0.935 bits per heavy atom.